The molecule has 0 bridgehead atoms. The Hall–Kier alpha value is -2.26. The topological polar surface area (TPSA) is 92.8 Å². The van der Waals surface area contributed by atoms with Crippen LogP contribution in [0.3, 0.4) is 0 Å². The van der Waals surface area contributed by atoms with Gasteiger partial charge < -0.3 is 4.74 Å². The van der Waals surface area contributed by atoms with Gasteiger partial charge in [0, 0.05) is 7.05 Å². The Morgan fingerprint density at radius 2 is 1.64 bits per heavy atom. The fourth-order valence-corrected chi connectivity index (χ4v) is 5.03. The molecule has 1 aliphatic carbocycles. The summed E-state index contributed by atoms with van der Waals surface area (Å²) in [4.78, 5) is 0.0810. The van der Waals surface area contributed by atoms with E-state index >= 15 is 0 Å². The molecule has 0 amide bonds. The lowest BCUT2D eigenvalue weighted by Gasteiger charge is -2.20. The van der Waals surface area contributed by atoms with E-state index in [9.17, 15) is 16.8 Å². The highest BCUT2D eigenvalue weighted by atomic mass is 32.2. The molecule has 2 aromatic carbocycles. The van der Waals surface area contributed by atoms with Gasteiger partial charge in [-0.1, -0.05) is 6.07 Å². The quantitative estimate of drug-likeness (QED) is 0.770. The minimum absolute atomic E-state index is 0.0810. The average Bonchev–Trinajstić information content (AvgIpc) is 2.65. The molecule has 1 aliphatic rings. The van der Waals surface area contributed by atoms with E-state index < -0.39 is 20.0 Å². The van der Waals surface area contributed by atoms with Gasteiger partial charge in [0.1, 0.15) is 10.6 Å². The maximum absolute atomic E-state index is 13.0. The van der Waals surface area contributed by atoms with Crippen LogP contribution in [0.25, 0.3) is 0 Å². The summed E-state index contributed by atoms with van der Waals surface area (Å²) in [6, 6.07) is 9.72. The molecule has 2 aromatic rings. The van der Waals surface area contributed by atoms with Gasteiger partial charge in [0.15, 0.2) is 0 Å². The third-order valence-electron chi connectivity index (χ3n) is 4.88. The van der Waals surface area contributed by atoms with Gasteiger partial charge in [-0.3, -0.25) is 9.03 Å². The molecule has 0 fully saturated rings. The van der Waals surface area contributed by atoms with E-state index in [2.05, 4.69) is 4.72 Å². The Labute approximate surface area is 166 Å². The smallest absolute Gasteiger partial charge is 0.265 e. The van der Waals surface area contributed by atoms with Crippen molar-refractivity contribution in [1.82, 2.24) is 0 Å². The Morgan fingerprint density at radius 1 is 1.00 bits per heavy atom. The number of nitrogens with zero attached hydrogens (tertiary/aromatic N) is 1. The molecule has 1 N–H and O–H groups in total. The molecule has 0 radical (unpaired) electrons. The number of aryl methyl sites for hydroxylation is 2. The highest BCUT2D eigenvalue weighted by Crippen LogP contribution is 2.33. The van der Waals surface area contributed by atoms with Gasteiger partial charge in [0.2, 0.25) is 10.0 Å². The summed E-state index contributed by atoms with van der Waals surface area (Å²) in [5, 5.41) is 0. The van der Waals surface area contributed by atoms with Crippen LogP contribution in [-0.4, -0.2) is 37.2 Å². The maximum atomic E-state index is 13.0. The van der Waals surface area contributed by atoms with Crippen molar-refractivity contribution in [3.63, 3.8) is 0 Å². The molecule has 3 rings (SSSR count). The monoisotopic (exact) mass is 424 g/mol. The van der Waals surface area contributed by atoms with Gasteiger partial charge in [0.25, 0.3) is 10.0 Å². The lowest BCUT2D eigenvalue weighted by molar-refractivity contribution is 0.401. The average molecular weight is 425 g/mol. The number of anilines is 2. The van der Waals surface area contributed by atoms with Gasteiger partial charge in [-0.15, -0.1) is 0 Å². The number of fused-ring (bicyclic) bond motifs is 1. The van der Waals surface area contributed by atoms with Crippen molar-refractivity contribution in [1.29, 1.82) is 0 Å². The molecule has 7 nitrogen and oxygen atoms in total. The predicted molar refractivity (Wildman–Crippen MR) is 110 cm³/mol. The van der Waals surface area contributed by atoms with Crippen LogP contribution in [0.15, 0.2) is 41.3 Å². The number of methoxy groups -OCH3 is 1. The molecule has 9 heteroatoms. The highest BCUT2D eigenvalue weighted by Gasteiger charge is 2.24. The summed E-state index contributed by atoms with van der Waals surface area (Å²) >= 11 is 0. The van der Waals surface area contributed by atoms with Crippen LogP contribution in [0.4, 0.5) is 11.4 Å². The number of rotatable bonds is 6. The SMILES string of the molecule is COc1cc2c(cc1S(=O)(=O)Nc1cccc(N(C)S(C)(=O)=O)c1)CCCC2. The standard InChI is InChI=1S/C19H24N2O5S2/c1-21(27(3,22)23)17-10-6-9-16(13-17)20-28(24,25)19-12-15-8-5-4-7-14(15)11-18(19)26-2/h6,9-13,20H,4-5,7-8H2,1-3H3. The first-order valence-electron chi connectivity index (χ1n) is 8.88. The molecule has 0 saturated heterocycles. The van der Waals surface area contributed by atoms with Crippen molar-refractivity contribution in [3.8, 4) is 5.75 Å². The van der Waals surface area contributed by atoms with Crippen LogP contribution >= 0.6 is 0 Å². The zero-order valence-corrected chi connectivity index (χ0v) is 17.7. The largest absolute Gasteiger partial charge is 0.495 e. The van der Waals surface area contributed by atoms with Crippen LogP contribution in [0.1, 0.15) is 24.0 Å². The lowest BCUT2D eigenvalue weighted by Crippen LogP contribution is -2.25. The van der Waals surface area contributed by atoms with Crippen molar-refractivity contribution in [2.75, 3.05) is 29.4 Å². The van der Waals surface area contributed by atoms with Gasteiger partial charge in [-0.05, 0) is 67.1 Å². The molecule has 0 unspecified atom stereocenters. The van der Waals surface area contributed by atoms with Crippen LogP contribution in [0, 0.1) is 0 Å². The lowest BCUT2D eigenvalue weighted by atomic mass is 9.92. The van der Waals surface area contributed by atoms with E-state index in [4.69, 9.17) is 4.74 Å². The first-order chi connectivity index (χ1) is 13.1. The van der Waals surface area contributed by atoms with Crippen molar-refractivity contribution < 1.29 is 21.6 Å². The van der Waals surface area contributed by atoms with E-state index in [1.54, 1.807) is 30.3 Å². The molecular formula is C19H24N2O5S2. The fourth-order valence-electron chi connectivity index (χ4n) is 3.28. The van der Waals surface area contributed by atoms with Crippen molar-refractivity contribution >= 4 is 31.4 Å². The second kappa shape index (κ2) is 7.63. The van der Waals surface area contributed by atoms with Crippen molar-refractivity contribution in [2.45, 2.75) is 30.6 Å². The summed E-state index contributed by atoms with van der Waals surface area (Å²) in [7, 11) is -4.50. The minimum atomic E-state index is -3.91. The molecule has 0 aliphatic heterocycles. The number of hydrogen-bond acceptors (Lipinski definition) is 5. The zero-order chi connectivity index (χ0) is 20.5. The van der Waals surface area contributed by atoms with Crippen LogP contribution in [0.5, 0.6) is 5.75 Å². The predicted octanol–water partition coefficient (Wildman–Crippen LogP) is 2.77. The highest BCUT2D eigenvalue weighted by molar-refractivity contribution is 7.93. The van der Waals surface area contributed by atoms with Crippen molar-refractivity contribution in [2.24, 2.45) is 0 Å². The normalized spacial score (nSPS) is 14.2. The number of hydrogen-bond donors (Lipinski definition) is 1. The number of ether oxygens (including phenoxy) is 1. The van der Waals surface area contributed by atoms with Gasteiger partial charge in [0.05, 0.1) is 24.7 Å². The molecule has 28 heavy (non-hydrogen) atoms. The van der Waals surface area contributed by atoms with E-state index in [1.165, 1.54) is 20.2 Å². The Bertz CT molecular complexity index is 1100. The summed E-state index contributed by atoms with van der Waals surface area (Å²) in [5.41, 5.74) is 2.78. The molecular weight excluding hydrogens is 400 g/mol. The van der Waals surface area contributed by atoms with Gasteiger partial charge >= 0.3 is 0 Å². The third-order valence-corrected chi connectivity index (χ3v) is 7.49. The van der Waals surface area contributed by atoms with Crippen LogP contribution < -0.4 is 13.8 Å². The minimum Gasteiger partial charge on any atom is -0.495 e. The summed E-state index contributed by atoms with van der Waals surface area (Å²) in [6.07, 6.45) is 4.96. The van der Waals surface area contributed by atoms with Crippen LogP contribution in [-0.2, 0) is 32.9 Å². The van der Waals surface area contributed by atoms with Crippen LogP contribution in [0.2, 0.25) is 0 Å². The van der Waals surface area contributed by atoms with E-state index in [1.807, 2.05) is 0 Å². The number of benzene rings is 2. The Kier molecular flexibility index (Phi) is 5.58. The fraction of sp³-hybridized carbons (Fsp3) is 0.368. The second-order valence-corrected chi connectivity index (χ2v) is 10.5. The molecule has 0 heterocycles. The summed E-state index contributed by atoms with van der Waals surface area (Å²) in [5.74, 6) is 0.303. The molecule has 0 aromatic heterocycles. The Balaban J connectivity index is 1.97. The zero-order valence-electron chi connectivity index (χ0n) is 16.1. The first kappa shape index (κ1) is 20.5. The first-order valence-corrected chi connectivity index (χ1v) is 12.2. The molecule has 0 spiro atoms. The van der Waals surface area contributed by atoms with E-state index in [-0.39, 0.29) is 10.6 Å². The maximum Gasteiger partial charge on any atom is 0.265 e. The molecule has 0 saturated carbocycles. The number of nitrogens with one attached hydrogen (secondary N) is 1. The summed E-state index contributed by atoms with van der Waals surface area (Å²) < 4.78 is 58.5. The van der Waals surface area contributed by atoms with E-state index in [0.717, 1.165) is 47.4 Å². The van der Waals surface area contributed by atoms with Gasteiger partial charge in [-0.25, -0.2) is 16.8 Å². The molecule has 0 atom stereocenters. The second-order valence-electron chi connectivity index (χ2n) is 6.87. The number of sulfonamides is 2. The Morgan fingerprint density at radius 3 is 2.25 bits per heavy atom. The third kappa shape index (κ3) is 4.25. The van der Waals surface area contributed by atoms with E-state index in [0.29, 0.717) is 11.4 Å². The van der Waals surface area contributed by atoms with Crippen molar-refractivity contribution in [3.05, 3.63) is 47.5 Å². The summed E-state index contributed by atoms with van der Waals surface area (Å²) in [6.45, 7) is 0. The molecule has 152 valence electrons. The van der Waals surface area contributed by atoms with Gasteiger partial charge in [-0.2, -0.15) is 0 Å².